The molecule has 1 amide bonds. The molecule has 2 aliphatic rings. The average molecular weight is 347 g/mol. The van der Waals surface area contributed by atoms with Crippen LogP contribution in [0.3, 0.4) is 0 Å². The van der Waals surface area contributed by atoms with Gasteiger partial charge in [0.05, 0.1) is 5.56 Å². The average Bonchev–Trinajstić information content (AvgIpc) is 2.93. The number of ether oxygens (including phenoxy) is 2. The molecule has 0 aromatic heterocycles. The van der Waals surface area contributed by atoms with Gasteiger partial charge in [-0.2, -0.15) is 0 Å². The SMILES string of the molecule is O=C1NC(c2cc3c(cc2Br)OCO3)Nc2ccccc21. The lowest BCUT2D eigenvalue weighted by molar-refractivity contribution is 0.0935. The Bertz CT molecular complexity index is 748. The van der Waals surface area contributed by atoms with Crippen LogP contribution in [0, 0.1) is 0 Å². The Balaban J connectivity index is 1.74. The first-order valence-corrected chi connectivity index (χ1v) is 7.27. The molecule has 2 aromatic carbocycles. The third kappa shape index (κ3) is 2.03. The summed E-state index contributed by atoms with van der Waals surface area (Å²) in [5.41, 5.74) is 2.35. The zero-order chi connectivity index (χ0) is 14.4. The molecule has 0 bridgehead atoms. The highest BCUT2D eigenvalue weighted by atomic mass is 79.9. The summed E-state index contributed by atoms with van der Waals surface area (Å²) in [5, 5.41) is 6.26. The number of rotatable bonds is 1. The molecule has 0 fully saturated rings. The van der Waals surface area contributed by atoms with Gasteiger partial charge < -0.3 is 20.1 Å². The summed E-state index contributed by atoms with van der Waals surface area (Å²) in [7, 11) is 0. The summed E-state index contributed by atoms with van der Waals surface area (Å²) in [6, 6.07) is 11.2. The summed E-state index contributed by atoms with van der Waals surface area (Å²) < 4.78 is 11.6. The Labute approximate surface area is 129 Å². The van der Waals surface area contributed by atoms with Crippen LogP contribution in [0.1, 0.15) is 22.1 Å². The van der Waals surface area contributed by atoms with E-state index in [4.69, 9.17) is 9.47 Å². The van der Waals surface area contributed by atoms with Crippen molar-refractivity contribution in [1.82, 2.24) is 5.32 Å². The number of para-hydroxylation sites is 1. The van der Waals surface area contributed by atoms with E-state index in [9.17, 15) is 4.79 Å². The van der Waals surface area contributed by atoms with Crippen LogP contribution in [0.4, 0.5) is 5.69 Å². The van der Waals surface area contributed by atoms with Crippen LogP contribution < -0.4 is 20.1 Å². The van der Waals surface area contributed by atoms with Crippen molar-refractivity contribution in [2.45, 2.75) is 6.17 Å². The van der Waals surface area contributed by atoms with Crippen LogP contribution in [-0.4, -0.2) is 12.7 Å². The normalized spacial score (nSPS) is 18.7. The van der Waals surface area contributed by atoms with Crippen molar-refractivity contribution in [1.29, 1.82) is 0 Å². The van der Waals surface area contributed by atoms with Crippen molar-refractivity contribution in [3.8, 4) is 11.5 Å². The van der Waals surface area contributed by atoms with E-state index in [-0.39, 0.29) is 18.9 Å². The number of nitrogens with one attached hydrogen (secondary N) is 2. The Morgan fingerprint density at radius 3 is 2.71 bits per heavy atom. The number of halogens is 1. The van der Waals surface area contributed by atoms with Crippen molar-refractivity contribution in [2.24, 2.45) is 0 Å². The van der Waals surface area contributed by atoms with Crippen molar-refractivity contribution in [3.05, 3.63) is 52.0 Å². The molecule has 0 radical (unpaired) electrons. The van der Waals surface area contributed by atoms with E-state index in [0.29, 0.717) is 17.1 Å². The fraction of sp³-hybridized carbons (Fsp3) is 0.133. The van der Waals surface area contributed by atoms with Crippen LogP contribution in [0.2, 0.25) is 0 Å². The maximum absolute atomic E-state index is 12.2. The quantitative estimate of drug-likeness (QED) is 0.833. The van der Waals surface area contributed by atoms with Gasteiger partial charge >= 0.3 is 0 Å². The fourth-order valence-corrected chi connectivity index (χ4v) is 3.07. The number of carbonyl (C=O) groups is 1. The molecule has 2 heterocycles. The van der Waals surface area contributed by atoms with Gasteiger partial charge in [0.25, 0.3) is 5.91 Å². The number of hydrogen-bond donors (Lipinski definition) is 2. The van der Waals surface area contributed by atoms with Crippen molar-refractivity contribution in [3.63, 3.8) is 0 Å². The molecule has 4 rings (SSSR count). The van der Waals surface area contributed by atoms with Crippen molar-refractivity contribution < 1.29 is 14.3 Å². The minimum atomic E-state index is -0.323. The topological polar surface area (TPSA) is 59.6 Å². The molecule has 2 N–H and O–H groups in total. The summed E-state index contributed by atoms with van der Waals surface area (Å²) in [4.78, 5) is 12.2. The number of benzene rings is 2. The fourth-order valence-electron chi connectivity index (χ4n) is 2.52. The minimum absolute atomic E-state index is 0.0982. The highest BCUT2D eigenvalue weighted by Crippen LogP contribution is 2.40. The van der Waals surface area contributed by atoms with E-state index in [2.05, 4.69) is 26.6 Å². The molecular weight excluding hydrogens is 336 g/mol. The Kier molecular flexibility index (Phi) is 2.78. The summed E-state index contributed by atoms with van der Waals surface area (Å²) >= 11 is 3.52. The first-order valence-electron chi connectivity index (χ1n) is 6.48. The van der Waals surface area contributed by atoms with Gasteiger partial charge in [-0.25, -0.2) is 0 Å². The molecule has 21 heavy (non-hydrogen) atoms. The van der Waals surface area contributed by atoms with E-state index in [1.807, 2.05) is 30.3 Å². The molecule has 2 aromatic rings. The molecule has 2 aliphatic heterocycles. The lowest BCUT2D eigenvalue weighted by Crippen LogP contribution is -2.38. The third-order valence-electron chi connectivity index (χ3n) is 3.55. The van der Waals surface area contributed by atoms with Gasteiger partial charge in [0, 0.05) is 15.7 Å². The molecule has 1 unspecified atom stereocenters. The number of anilines is 1. The van der Waals surface area contributed by atoms with Gasteiger partial charge in [-0.3, -0.25) is 4.79 Å². The largest absolute Gasteiger partial charge is 0.454 e. The maximum Gasteiger partial charge on any atom is 0.255 e. The van der Waals surface area contributed by atoms with E-state index in [1.54, 1.807) is 6.07 Å². The van der Waals surface area contributed by atoms with Crippen LogP contribution in [-0.2, 0) is 0 Å². The third-order valence-corrected chi connectivity index (χ3v) is 4.24. The second-order valence-electron chi connectivity index (χ2n) is 4.82. The van der Waals surface area contributed by atoms with Crippen LogP contribution in [0.25, 0.3) is 0 Å². The highest BCUT2D eigenvalue weighted by molar-refractivity contribution is 9.10. The van der Waals surface area contributed by atoms with Crippen LogP contribution in [0.5, 0.6) is 11.5 Å². The minimum Gasteiger partial charge on any atom is -0.454 e. The molecule has 1 atom stereocenters. The second-order valence-corrected chi connectivity index (χ2v) is 5.68. The van der Waals surface area contributed by atoms with Gasteiger partial charge in [0.15, 0.2) is 11.5 Å². The van der Waals surface area contributed by atoms with E-state index >= 15 is 0 Å². The van der Waals surface area contributed by atoms with Crippen molar-refractivity contribution >= 4 is 27.5 Å². The van der Waals surface area contributed by atoms with Crippen LogP contribution in [0.15, 0.2) is 40.9 Å². The molecule has 5 nitrogen and oxygen atoms in total. The van der Waals surface area contributed by atoms with Gasteiger partial charge in [0.2, 0.25) is 6.79 Å². The first kappa shape index (κ1) is 12.5. The lowest BCUT2D eigenvalue weighted by atomic mass is 10.1. The zero-order valence-corrected chi connectivity index (χ0v) is 12.4. The number of carbonyl (C=O) groups excluding carboxylic acids is 1. The standard InChI is InChI=1S/C15H11BrN2O3/c16-10-6-13-12(20-7-21-13)5-9(10)14-17-11-4-2-1-3-8(11)15(19)18-14/h1-6,14,17H,7H2,(H,18,19). The number of hydrogen-bond acceptors (Lipinski definition) is 4. The van der Waals surface area contributed by atoms with Crippen molar-refractivity contribution in [2.75, 3.05) is 12.1 Å². The van der Waals surface area contributed by atoms with Gasteiger partial charge in [-0.05, 0) is 24.3 Å². The predicted octanol–water partition coefficient (Wildman–Crippen LogP) is 3.03. The summed E-state index contributed by atoms with van der Waals surface area (Å²) in [6.07, 6.45) is -0.323. The van der Waals surface area contributed by atoms with E-state index in [1.165, 1.54) is 0 Å². The predicted molar refractivity (Wildman–Crippen MR) is 80.5 cm³/mol. The van der Waals surface area contributed by atoms with Gasteiger partial charge in [-0.15, -0.1) is 0 Å². The van der Waals surface area contributed by atoms with Gasteiger partial charge in [-0.1, -0.05) is 28.1 Å². The molecular formula is C15H11BrN2O3. The second kappa shape index (κ2) is 4.66. The number of fused-ring (bicyclic) bond motifs is 2. The van der Waals surface area contributed by atoms with E-state index < -0.39 is 0 Å². The summed E-state index contributed by atoms with van der Waals surface area (Å²) in [5.74, 6) is 1.29. The van der Waals surface area contributed by atoms with Gasteiger partial charge in [0.1, 0.15) is 6.17 Å². The molecule has 0 saturated heterocycles. The molecule has 0 saturated carbocycles. The number of amides is 1. The Morgan fingerprint density at radius 1 is 1.10 bits per heavy atom. The molecule has 0 spiro atoms. The first-order chi connectivity index (χ1) is 10.2. The van der Waals surface area contributed by atoms with Crippen LogP contribution >= 0.6 is 15.9 Å². The smallest absolute Gasteiger partial charge is 0.255 e. The molecule has 6 heteroatoms. The highest BCUT2D eigenvalue weighted by Gasteiger charge is 2.27. The maximum atomic E-state index is 12.2. The molecule has 0 aliphatic carbocycles. The summed E-state index contributed by atoms with van der Waals surface area (Å²) in [6.45, 7) is 0.221. The Morgan fingerprint density at radius 2 is 1.86 bits per heavy atom. The van der Waals surface area contributed by atoms with E-state index in [0.717, 1.165) is 15.7 Å². The lowest BCUT2D eigenvalue weighted by Gasteiger charge is -2.28. The zero-order valence-electron chi connectivity index (χ0n) is 10.9. The molecule has 106 valence electrons. The monoisotopic (exact) mass is 346 g/mol. The Hall–Kier alpha value is -2.21.